The number of nitrogens with zero attached hydrogens (tertiary/aromatic N) is 1. The van der Waals surface area contributed by atoms with E-state index in [-0.39, 0.29) is 11.7 Å². The van der Waals surface area contributed by atoms with E-state index in [9.17, 15) is 4.79 Å². The largest absolute Gasteiger partial charge is 0.409 e. The average molecular weight is 298 g/mol. The molecule has 0 bridgehead atoms. The number of rotatable bonds is 5. The Bertz CT molecular complexity index is 525. The summed E-state index contributed by atoms with van der Waals surface area (Å²) in [6, 6.07) is 5.08. The van der Waals surface area contributed by atoms with Gasteiger partial charge in [0.15, 0.2) is 5.84 Å². The summed E-state index contributed by atoms with van der Waals surface area (Å²) in [5.41, 5.74) is 6.20. The highest BCUT2D eigenvalue weighted by molar-refractivity contribution is 6.31. The Morgan fingerprint density at radius 1 is 1.45 bits per heavy atom. The van der Waals surface area contributed by atoms with Crippen LogP contribution in [0, 0.1) is 6.92 Å². The highest BCUT2D eigenvalue weighted by Gasteiger charge is 2.33. The summed E-state index contributed by atoms with van der Waals surface area (Å²) in [5, 5.41) is 15.3. The topological polar surface area (TPSA) is 87.7 Å². The van der Waals surface area contributed by atoms with Crippen molar-refractivity contribution in [2.24, 2.45) is 10.9 Å². The molecule has 0 saturated heterocycles. The molecule has 0 fully saturated rings. The lowest BCUT2D eigenvalue weighted by Gasteiger charge is -2.31. The number of nitrogens with two attached hydrogens (primary N) is 1. The van der Waals surface area contributed by atoms with Crippen molar-refractivity contribution < 1.29 is 10.0 Å². The Morgan fingerprint density at radius 2 is 2.05 bits per heavy atom. The van der Waals surface area contributed by atoms with Crippen LogP contribution in [0.2, 0.25) is 5.02 Å². The van der Waals surface area contributed by atoms with Crippen molar-refractivity contribution in [3.8, 4) is 0 Å². The minimum Gasteiger partial charge on any atom is -0.409 e. The van der Waals surface area contributed by atoms with E-state index in [1.165, 1.54) is 0 Å². The summed E-state index contributed by atoms with van der Waals surface area (Å²) in [4.78, 5) is 12.3. The lowest BCUT2D eigenvalue weighted by atomic mass is 9.91. The van der Waals surface area contributed by atoms with Crippen LogP contribution in [-0.4, -0.2) is 22.5 Å². The second-order valence-electron chi connectivity index (χ2n) is 4.69. The zero-order valence-electron chi connectivity index (χ0n) is 11.9. The second-order valence-corrected chi connectivity index (χ2v) is 5.10. The minimum atomic E-state index is -0.858. The number of oxime groups is 1. The molecule has 1 rings (SSSR count). The van der Waals surface area contributed by atoms with Crippen molar-refractivity contribution in [2.45, 2.75) is 39.2 Å². The van der Waals surface area contributed by atoms with Crippen molar-refractivity contribution >= 4 is 23.3 Å². The van der Waals surface area contributed by atoms with Crippen LogP contribution in [0.25, 0.3) is 0 Å². The highest BCUT2D eigenvalue weighted by atomic mass is 35.5. The Balaban J connectivity index is 3.05. The first-order valence-electron chi connectivity index (χ1n) is 6.46. The number of hydrogen-bond donors (Lipinski definition) is 3. The molecule has 20 heavy (non-hydrogen) atoms. The molecule has 0 unspecified atom stereocenters. The maximum absolute atomic E-state index is 12.3. The van der Waals surface area contributed by atoms with Crippen LogP contribution >= 0.6 is 11.6 Å². The third kappa shape index (κ3) is 3.22. The average Bonchev–Trinajstić information content (AvgIpc) is 2.46. The molecule has 1 amide bonds. The number of benzene rings is 1. The number of amides is 1. The van der Waals surface area contributed by atoms with Crippen LogP contribution in [0.3, 0.4) is 0 Å². The van der Waals surface area contributed by atoms with Gasteiger partial charge in [-0.1, -0.05) is 36.7 Å². The SMILES string of the molecule is CCC(CC)(NC(=O)c1ccc(C)c(Cl)c1)C(N)=NO. The Morgan fingerprint density at radius 3 is 2.50 bits per heavy atom. The van der Waals surface area contributed by atoms with Gasteiger partial charge in [0, 0.05) is 10.6 Å². The fourth-order valence-electron chi connectivity index (χ4n) is 1.97. The van der Waals surface area contributed by atoms with E-state index in [1.807, 2.05) is 20.8 Å². The van der Waals surface area contributed by atoms with Gasteiger partial charge in [-0.05, 0) is 37.5 Å². The molecule has 0 spiro atoms. The minimum absolute atomic E-state index is 0.00550. The predicted molar refractivity (Wildman–Crippen MR) is 80.4 cm³/mol. The van der Waals surface area contributed by atoms with Gasteiger partial charge in [0.1, 0.15) is 5.54 Å². The number of amidine groups is 1. The van der Waals surface area contributed by atoms with Crippen LogP contribution in [0.15, 0.2) is 23.4 Å². The first kappa shape index (κ1) is 16.3. The van der Waals surface area contributed by atoms with Gasteiger partial charge >= 0.3 is 0 Å². The van der Waals surface area contributed by atoms with Crippen LogP contribution in [-0.2, 0) is 0 Å². The summed E-state index contributed by atoms with van der Waals surface area (Å²) in [6.45, 7) is 5.59. The Labute approximate surface area is 123 Å². The third-order valence-corrected chi connectivity index (χ3v) is 4.00. The van der Waals surface area contributed by atoms with E-state index in [0.717, 1.165) is 5.56 Å². The lowest BCUT2D eigenvalue weighted by molar-refractivity contribution is 0.0918. The van der Waals surface area contributed by atoms with E-state index < -0.39 is 5.54 Å². The normalized spacial score (nSPS) is 12.3. The summed E-state index contributed by atoms with van der Waals surface area (Å²) in [7, 11) is 0. The summed E-state index contributed by atoms with van der Waals surface area (Å²) in [5.74, 6) is -0.309. The van der Waals surface area contributed by atoms with Crippen LogP contribution in [0.1, 0.15) is 42.6 Å². The molecule has 5 nitrogen and oxygen atoms in total. The predicted octanol–water partition coefficient (Wildman–Crippen LogP) is 2.68. The summed E-state index contributed by atoms with van der Waals surface area (Å²) >= 11 is 6.02. The second kappa shape index (κ2) is 6.61. The lowest BCUT2D eigenvalue weighted by Crippen LogP contribution is -2.56. The maximum Gasteiger partial charge on any atom is 0.252 e. The van der Waals surface area contributed by atoms with E-state index in [0.29, 0.717) is 23.4 Å². The fraction of sp³-hybridized carbons (Fsp3) is 0.429. The molecule has 0 aliphatic rings. The molecule has 0 saturated carbocycles. The van der Waals surface area contributed by atoms with E-state index in [2.05, 4.69) is 10.5 Å². The molecule has 0 aliphatic heterocycles. The Kier molecular flexibility index (Phi) is 5.39. The van der Waals surface area contributed by atoms with Crippen molar-refractivity contribution in [3.63, 3.8) is 0 Å². The molecule has 4 N–H and O–H groups in total. The van der Waals surface area contributed by atoms with Gasteiger partial charge in [0.25, 0.3) is 5.91 Å². The van der Waals surface area contributed by atoms with Gasteiger partial charge in [-0.25, -0.2) is 0 Å². The van der Waals surface area contributed by atoms with Gasteiger partial charge in [-0.3, -0.25) is 4.79 Å². The van der Waals surface area contributed by atoms with Crippen LogP contribution in [0.5, 0.6) is 0 Å². The molecule has 0 heterocycles. The number of carbonyl (C=O) groups is 1. The van der Waals surface area contributed by atoms with Gasteiger partial charge in [0.2, 0.25) is 0 Å². The molecule has 0 radical (unpaired) electrons. The highest BCUT2D eigenvalue weighted by Crippen LogP contribution is 2.20. The van der Waals surface area contributed by atoms with Crippen molar-refractivity contribution in [3.05, 3.63) is 34.3 Å². The first-order chi connectivity index (χ1) is 9.40. The molecule has 6 heteroatoms. The molecule has 1 aromatic carbocycles. The van der Waals surface area contributed by atoms with Gasteiger partial charge in [0.05, 0.1) is 0 Å². The quantitative estimate of drug-likeness (QED) is 0.338. The number of halogens is 1. The van der Waals surface area contributed by atoms with Crippen LogP contribution in [0.4, 0.5) is 0 Å². The number of aryl methyl sites for hydroxylation is 1. The zero-order chi connectivity index (χ0) is 15.3. The number of carbonyl (C=O) groups excluding carboxylic acids is 1. The van der Waals surface area contributed by atoms with Crippen molar-refractivity contribution in [2.75, 3.05) is 0 Å². The summed E-state index contributed by atoms with van der Waals surface area (Å²) < 4.78 is 0. The smallest absolute Gasteiger partial charge is 0.252 e. The van der Waals surface area contributed by atoms with E-state index in [1.54, 1.807) is 18.2 Å². The molecule has 1 aromatic rings. The number of hydrogen-bond acceptors (Lipinski definition) is 3. The van der Waals surface area contributed by atoms with E-state index in [4.69, 9.17) is 22.5 Å². The first-order valence-corrected chi connectivity index (χ1v) is 6.84. The third-order valence-electron chi connectivity index (χ3n) is 3.59. The van der Waals surface area contributed by atoms with Gasteiger partial charge in [-0.15, -0.1) is 0 Å². The fourth-order valence-corrected chi connectivity index (χ4v) is 2.15. The van der Waals surface area contributed by atoms with Crippen LogP contribution < -0.4 is 11.1 Å². The molecule has 0 atom stereocenters. The molecular weight excluding hydrogens is 278 g/mol. The Hall–Kier alpha value is -1.75. The van der Waals surface area contributed by atoms with Gasteiger partial charge < -0.3 is 16.3 Å². The van der Waals surface area contributed by atoms with E-state index >= 15 is 0 Å². The monoisotopic (exact) mass is 297 g/mol. The summed E-state index contributed by atoms with van der Waals surface area (Å²) in [6.07, 6.45) is 1.04. The zero-order valence-corrected chi connectivity index (χ0v) is 12.7. The van der Waals surface area contributed by atoms with Crippen molar-refractivity contribution in [1.29, 1.82) is 0 Å². The maximum atomic E-state index is 12.3. The molecular formula is C14H20ClN3O2. The van der Waals surface area contributed by atoms with Crippen molar-refractivity contribution in [1.82, 2.24) is 5.32 Å². The molecule has 0 aliphatic carbocycles. The standard InChI is InChI=1S/C14H20ClN3O2/c1-4-14(5-2,13(16)18-20)17-12(19)10-7-6-9(3)11(15)8-10/h6-8,20H,4-5H2,1-3H3,(H2,16,18)(H,17,19). The number of nitrogens with one attached hydrogen (secondary N) is 1. The molecule has 0 aromatic heterocycles. The molecule has 110 valence electrons. The van der Waals surface area contributed by atoms with Gasteiger partial charge in [-0.2, -0.15) is 0 Å².